The third kappa shape index (κ3) is 13.0. The lowest BCUT2D eigenvalue weighted by Gasteiger charge is -2.53. The fourth-order valence-corrected chi connectivity index (χ4v) is 13.4. The Morgan fingerprint density at radius 1 is 0.633 bits per heavy atom. The summed E-state index contributed by atoms with van der Waals surface area (Å²) < 4.78 is 64.6. The van der Waals surface area contributed by atoms with Crippen LogP contribution in [0.3, 0.4) is 0 Å². The van der Waals surface area contributed by atoms with Crippen molar-refractivity contribution in [3.05, 3.63) is 96.6 Å². The Balaban J connectivity index is 0.000000172. The number of carboxylic acid groups (broad SMARTS) is 1. The smallest absolute Gasteiger partial charge is 0.408 e. The molecular formula is C54H72N12O11S2. The van der Waals surface area contributed by atoms with E-state index in [9.17, 15) is 41.4 Å². The Labute approximate surface area is 459 Å². The monoisotopic (exact) mass is 1130 g/mol. The molecule has 0 radical (unpaired) electrons. The first kappa shape index (κ1) is 58.4. The van der Waals surface area contributed by atoms with Crippen molar-refractivity contribution in [2.45, 2.75) is 171 Å². The van der Waals surface area contributed by atoms with Gasteiger partial charge in [0.2, 0.25) is 12.3 Å². The molecule has 0 spiro atoms. The summed E-state index contributed by atoms with van der Waals surface area (Å²) in [7, 11) is -7.52. The molecule has 1 unspecified atom stereocenters. The summed E-state index contributed by atoms with van der Waals surface area (Å²) in [5.74, 6) is 5.15. The molecule has 6 aliphatic carbocycles. The molecule has 2 aromatic carbocycles. The van der Waals surface area contributed by atoms with Gasteiger partial charge in [0.25, 0.3) is 20.0 Å². The number of benzene rings is 2. The molecule has 25 heteroatoms. The normalized spacial score (nSPS) is 23.1. The first-order valence-corrected chi connectivity index (χ1v) is 29.1. The average molecular weight is 1130 g/mol. The first-order valence-electron chi connectivity index (χ1n) is 26.2. The second kappa shape index (κ2) is 22.0. The van der Waals surface area contributed by atoms with Crippen molar-refractivity contribution in [2.24, 2.45) is 16.7 Å². The first-order chi connectivity index (χ1) is 37.0. The number of aliphatic carboxylic acids is 1. The van der Waals surface area contributed by atoms with Crippen LogP contribution in [0.25, 0.3) is 22.3 Å². The van der Waals surface area contributed by atoms with Gasteiger partial charge in [-0.15, -0.1) is 0 Å². The standard InChI is InChI=1S/C27H36N6O5S.C14H23NO4.C13H13N5O2S/c1-18-5-7-19(8-6-18)39(36,37)33-16-9-20-22(33)28-17-21(29-20)31-32-23(34)26-10-13-27(14-11-26,15-12-26)30-24(35)38-25(2,3)4;1-12(2,3)19-11(18)15-14-7-4-13(5-8-14,6-9-14)10(16)17;1-9-2-4-10(5-3-9)21(19,20)18-7-6-11-13(18)15-8-12(16-11)17-14/h5-9,16-17,24,30,35H,10-15H2,1-4H3,(H,29,31)(H,32,34);4-9H2,1-3H3,(H,15,18)(H,16,17);2-8H,14H2,1H3,(H,16,17). The minimum absolute atomic E-state index is 0.108. The van der Waals surface area contributed by atoms with Crippen molar-refractivity contribution in [1.29, 1.82) is 0 Å². The summed E-state index contributed by atoms with van der Waals surface area (Å²) in [5, 5.41) is 25.9. The fourth-order valence-electron chi connectivity index (χ4n) is 10.8. The number of aliphatic hydroxyl groups excluding tert-OH is 1. The number of carbonyl (C=O) groups is 3. The summed E-state index contributed by atoms with van der Waals surface area (Å²) in [6.45, 7) is 15.0. The number of hydrogen-bond acceptors (Lipinski definition) is 18. The molecule has 426 valence electrons. The number of aliphatic hydroxyl groups is 1. The van der Waals surface area contributed by atoms with E-state index in [4.69, 9.17) is 15.3 Å². The number of nitrogens with two attached hydrogens (primary N) is 1. The minimum Gasteiger partial charge on any atom is -0.481 e. The number of aryl methyl sites for hydroxylation is 2. The van der Waals surface area contributed by atoms with Gasteiger partial charge in [0.15, 0.2) is 22.9 Å². The van der Waals surface area contributed by atoms with Crippen molar-refractivity contribution in [3.8, 4) is 0 Å². The lowest BCUT2D eigenvalue weighted by molar-refractivity contribution is -0.200. The average Bonchev–Trinajstić information content (AvgIpc) is 4.04. The lowest BCUT2D eigenvalue weighted by atomic mass is 9.57. The lowest BCUT2D eigenvalue weighted by Crippen LogP contribution is -2.61. The number of carboxylic acids is 1. The number of nitrogens with zero attached hydrogens (tertiary/aromatic N) is 6. The quantitative estimate of drug-likeness (QED) is 0.0323. The highest BCUT2D eigenvalue weighted by molar-refractivity contribution is 7.90. The second-order valence-electron chi connectivity index (χ2n) is 23.3. The van der Waals surface area contributed by atoms with Gasteiger partial charge in [0, 0.05) is 23.5 Å². The Morgan fingerprint density at radius 2 is 1.06 bits per heavy atom. The van der Waals surface area contributed by atoms with Crippen LogP contribution in [0.1, 0.15) is 130 Å². The molecule has 9 N–H and O–H groups in total. The number of hydrazine groups is 2. The number of fused-ring (bicyclic) bond motifs is 8. The van der Waals surface area contributed by atoms with Crippen LogP contribution < -0.4 is 32.8 Å². The third-order valence-electron chi connectivity index (χ3n) is 15.4. The molecule has 6 saturated carbocycles. The maximum absolute atomic E-state index is 13.2. The Morgan fingerprint density at radius 3 is 1.49 bits per heavy atom. The van der Waals surface area contributed by atoms with Gasteiger partial charge in [-0.3, -0.25) is 25.8 Å². The van der Waals surface area contributed by atoms with Crippen LogP contribution in [0.15, 0.2) is 95.2 Å². The number of nitrogens with one attached hydrogen (secondary N) is 5. The molecule has 0 aliphatic heterocycles. The molecule has 0 saturated heterocycles. The second-order valence-corrected chi connectivity index (χ2v) is 26.9. The van der Waals surface area contributed by atoms with Gasteiger partial charge in [-0.2, -0.15) is 0 Å². The minimum atomic E-state index is -3.83. The number of rotatable bonds is 13. The fraction of sp³-hybridized carbons (Fsp3) is 0.500. The van der Waals surface area contributed by atoms with Crippen LogP contribution in [0.2, 0.25) is 0 Å². The van der Waals surface area contributed by atoms with Crippen molar-refractivity contribution >= 4 is 72.0 Å². The Kier molecular flexibility index (Phi) is 16.3. The number of ether oxygens (including phenoxy) is 2. The summed E-state index contributed by atoms with van der Waals surface area (Å²) in [6.07, 6.45) is 12.7. The van der Waals surface area contributed by atoms with Gasteiger partial charge in [0.05, 0.1) is 38.6 Å². The number of anilines is 2. The number of alkyl carbamates (subject to hydrolysis) is 1. The summed E-state index contributed by atoms with van der Waals surface area (Å²) in [4.78, 5) is 53.8. The number of hydrogen-bond donors (Lipinski definition) is 8. The van der Waals surface area contributed by atoms with Crippen LogP contribution in [0, 0.1) is 24.7 Å². The van der Waals surface area contributed by atoms with Gasteiger partial charge in [-0.1, -0.05) is 35.4 Å². The predicted molar refractivity (Wildman–Crippen MR) is 295 cm³/mol. The molecule has 4 heterocycles. The van der Waals surface area contributed by atoms with Crippen LogP contribution in [0.4, 0.5) is 16.4 Å². The van der Waals surface area contributed by atoms with E-state index < -0.39 is 60.6 Å². The van der Waals surface area contributed by atoms with Gasteiger partial charge < -0.3 is 30.4 Å². The molecule has 1 atom stereocenters. The Bertz CT molecular complexity index is 3400. The topological polar surface area (TPSA) is 326 Å². The molecule has 4 aromatic heterocycles. The van der Waals surface area contributed by atoms with E-state index in [1.165, 1.54) is 24.8 Å². The maximum Gasteiger partial charge on any atom is 0.408 e. The number of nitrogen functional groups attached to an aromatic ring is 1. The van der Waals surface area contributed by atoms with E-state index in [0.717, 1.165) is 57.6 Å². The van der Waals surface area contributed by atoms with Gasteiger partial charge in [0.1, 0.15) is 16.6 Å². The maximum atomic E-state index is 13.2. The molecule has 79 heavy (non-hydrogen) atoms. The molecule has 6 fully saturated rings. The molecule has 2 amide bonds. The molecule has 4 bridgehead atoms. The molecule has 6 aliphatic rings. The zero-order chi connectivity index (χ0) is 57.4. The zero-order valence-corrected chi connectivity index (χ0v) is 47.4. The SMILES string of the molecule is CC(C)(C)OC(=O)NC12CCC(C(=O)O)(CC1)CC2.Cc1ccc(S(=O)(=O)n2ccc3nc(NN)cnc32)cc1.Cc1ccc(S(=O)(=O)n2ccc3nc(NNC(=O)C45CCC(NC(O)OC(C)(C)C)(CC4)CC5)cnc32)cc1. The Hall–Kier alpha value is -6.77. The summed E-state index contributed by atoms with van der Waals surface area (Å²) >= 11 is 0. The molecule has 6 aromatic rings. The number of aromatic nitrogens is 6. The van der Waals surface area contributed by atoms with Gasteiger partial charge in [-0.25, -0.2) is 55.4 Å². The van der Waals surface area contributed by atoms with Crippen LogP contribution in [-0.2, 0) is 39.1 Å². The number of amides is 2. The van der Waals surface area contributed by atoms with Crippen molar-refractivity contribution < 1.29 is 50.9 Å². The highest BCUT2D eigenvalue weighted by atomic mass is 32.2. The van der Waals surface area contributed by atoms with Crippen LogP contribution >= 0.6 is 0 Å². The van der Waals surface area contributed by atoms with E-state index >= 15 is 0 Å². The number of carbonyl (C=O) groups excluding carboxylic acids is 2. The van der Waals surface area contributed by atoms with E-state index in [0.29, 0.717) is 61.2 Å². The predicted octanol–water partition coefficient (Wildman–Crippen LogP) is 7.14. The zero-order valence-electron chi connectivity index (χ0n) is 45.8. The van der Waals surface area contributed by atoms with Crippen molar-refractivity contribution in [2.75, 3.05) is 10.9 Å². The van der Waals surface area contributed by atoms with Gasteiger partial charge >= 0.3 is 12.1 Å². The van der Waals surface area contributed by atoms with E-state index in [-0.39, 0.29) is 38.1 Å². The highest BCUT2D eigenvalue weighted by Crippen LogP contribution is 2.54. The van der Waals surface area contributed by atoms with Crippen molar-refractivity contribution in [1.82, 2.24) is 43.9 Å². The van der Waals surface area contributed by atoms with Crippen molar-refractivity contribution in [3.63, 3.8) is 0 Å². The largest absolute Gasteiger partial charge is 0.481 e. The van der Waals surface area contributed by atoms with Crippen LogP contribution in [0.5, 0.6) is 0 Å². The summed E-state index contributed by atoms with van der Waals surface area (Å²) in [5.41, 5.74) is 8.77. The van der Waals surface area contributed by atoms with E-state index in [2.05, 4.69) is 46.8 Å². The summed E-state index contributed by atoms with van der Waals surface area (Å²) in [6, 6.07) is 16.4. The molecular weight excluding hydrogens is 1060 g/mol. The van der Waals surface area contributed by atoms with Gasteiger partial charge in [-0.05, 0) is 169 Å². The highest BCUT2D eigenvalue weighted by Gasteiger charge is 2.54. The molecule has 23 nitrogen and oxygen atoms in total. The van der Waals surface area contributed by atoms with E-state index in [1.54, 1.807) is 60.7 Å². The van der Waals surface area contributed by atoms with Crippen LogP contribution in [-0.4, -0.2) is 102 Å². The third-order valence-corrected chi connectivity index (χ3v) is 18.8. The molecule has 12 rings (SSSR count). The van der Waals surface area contributed by atoms with E-state index in [1.807, 2.05) is 55.4 Å².